The van der Waals surface area contributed by atoms with Crippen molar-refractivity contribution < 1.29 is 22.7 Å². The van der Waals surface area contributed by atoms with Crippen molar-refractivity contribution in [1.82, 2.24) is 14.9 Å². The number of rotatable bonds is 7. The third kappa shape index (κ3) is 5.35. The molecule has 3 aromatic rings. The molecule has 0 radical (unpaired) electrons. The van der Waals surface area contributed by atoms with Crippen molar-refractivity contribution in [2.45, 2.75) is 43.9 Å². The number of benzene rings is 1. The van der Waals surface area contributed by atoms with Gasteiger partial charge in [0.05, 0.1) is 23.4 Å². The fraction of sp³-hybridized carbons (Fsp3) is 0.409. The Bertz CT molecular complexity index is 1220. The van der Waals surface area contributed by atoms with E-state index in [1.165, 1.54) is 15.9 Å². The van der Waals surface area contributed by atoms with Gasteiger partial charge in [-0.1, -0.05) is 11.8 Å². The number of fused-ring (bicyclic) bond motifs is 3. The van der Waals surface area contributed by atoms with E-state index in [1.807, 2.05) is 12.2 Å². The SMILES string of the molecule is CCOc1ccc(-n2c(SCC(=O)NCC(F)(F)F)nc3sc4c(c3c2=O)CCCC4)cc1. The predicted molar refractivity (Wildman–Crippen MR) is 123 cm³/mol. The van der Waals surface area contributed by atoms with Gasteiger partial charge in [0.2, 0.25) is 5.91 Å². The molecular formula is C22H22F3N3O3S2. The Balaban J connectivity index is 1.73. The first-order valence-corrected chi connectivity index (χ1v) is 12.3. The molecule has 0 spiro atoms. The Morgan fingerprint density at radius 1 is 1.24 bits per heavy atom. The van der Waals surface area contributed by atoms with Gasteiger partial charge < -0.3 is 10.1 Å². The Hall–Kier alpha value is -2.53. The van der Waals surface area contributed by atoms with E-state index in [9.17, 15) is 22.8 Å². The first-order chi connectivity index (χ1) is 15.8. The average Bonchev–Trinajstić information content (AvgIpc) is 3.15. The number of carbonyl (C=O) groups excluding carboxylic acids is 1. The lowest BCUT2D eigenvalue weighted by Gasteiger charge is -2.14. The predicted octanol–water partition coefficient (Wildman–Crippen LogP) is 4.50. The molecule has 1 aliphatic rings. The monoisotopic (exact) mass is 497 g/mol. The zero-order valence-electron chi connectivity index (χ0n) is 17.8. The molecule has 0 bridgehead atoms. The highest BCUT2D eigenvalue weighted by molar-refractivity contribution is 7.99. The highest BCUT2D eigenvalue weighted by atomic mass is 32.2. The van der Waals surface area contributed by atoms with E-state index in [0.717, 1.165) is 47.9 Å². The van der Waals surface area contributed by atoms with Crippen molar-refractivity contribution in [2.75, 3.05) is 18.9 Å². The van der Waals surface area contributed by atoms with Gasteiger partial charge >= 0.3 is 6.18 Å². The van der Waals surface area contributed by atoms with Crippen LogP contribution in [0.25, 0.3) is 15.9 Å². The van der Waals surface area contributed by atoms with Crippen LogP contribution in [0.5, 0.6) is 5.75 Å². The molecule has 1 aliphatic carbocycles. The molecule has 0 aliphatic heterocycles. The zero-order valence-corrected chi connectivity index (χ0v) is 19.5. The van der Waals surface area contributed by atoms with E-state index in [-0.39, 0.29) is 16.5 Å². The van der Waals surface area contributed by atoms with Crippen LogP contribution in [0, 0.1) is 0 Å². The summed E-state index contributed by atoms with van der Waals surface area (Å²) in [5, 5.41) is 2.70. The minimum atomic E-state index is -4.49. The molecule has 0 fully saturated rings. The quantitative estimate of drug-likeness (QED) is 0.385. The summed E-state index contributed by atoms with van der Waals surface area (Å²) >= 11 is 2.42. The van der Waals surface area contributed by atoms with Gasteiger partial charge in [-0.3, -0.25) is 14.2 Å². The number of thioether (sulfide) groups is 1. The van der Waals surface area contributed by atoms with Gasteiger partial charge in [0.1, 0.15) is 17.1 Å². The Labute approximate surface area is 196 Å². The molecule has 176 valence electrons. The van der Waals surface area contributed by atoms with Crippen LogP contribution < -0.4 is 15.6 Å². The number of amides is 1. The maximum absolute atomic E-state index is 13.6. The Morgan fingerprint density at radius 3 is 2.67 bits per heavy atom. The van der Waals surface area contributed by atoms with Crippen LogP contribution in [0.15, 0.2) is 34.2 Å². The second kappa shape index (κ2) is 9.76. The standard InChI is InChI=1S/C22H22F3N3O3S2/c1-2-31-14-9-7-13(8-10-14)28-20(30)18-15-5-3-4-6-16(15)33-19(18)27-21(28)32-11-17(29)26-12-22(23,24)25/h7-10H,2-6,11-12H2,1H3,(H,26,29). The molecular weight excluding hydrogens is 475 g/mol. The minimum absolute atomic E-state index is 0.234. The molecule has 11 heteroatoms. The van der Waals surface area contributed by atoms with Gasteiger partial charge in [0.25, 0.3) is 5.56 Å². The van der Waals surface area contributed by atoms with Crippen molar-refractivity contribution >= 4 is 39.2 Å². The maximum atomic E-state index is 13.6. The number of alkyl halides is 3. The summed E-state index contributed by atoms with van der Waals surface area (Å²) in [6, 6.07) is 6.94. The number of aryl methyl sites for hydroxylation is 2. The molecule has 1 aromatic carbocycles. The Morgan fingerprint density at radius 2 is 1.97 bits per heavy atom. The normalized spacial score (nSPS) is 13.7. The number of ether oxygens (including phenoxy) is 1. The summed E-state index contributed by atoms with van der Waals surface area (Å²) in [4.78, 5) is 32.0. The lowest BCUT2D eigenvalue weighted by atomic mass is 9.97. The molecule has 6 nitrogen and oxygen atoms in total. The van der Waals surface area contributed by atoms with Crippen molar-refractivity contribution in [1.29, 1.82) is 0 Å². The number of halogens is 3. The van der Waals surface area contributed by atoms with Gasteiger partial charge in [-0.05, 0) is 62.4 Å². The highest BCUT2D eigenvalue weighted by Gasteiger charge is 2.28. The largest absolute Gasteiger partial charge is 0.494 e. The van der Waals surface area contributed by atoms with Crippen LogP contribution in [-0.4, -0.2) is 40.5 Å². The second-order valence-corrected chi connectivity index (χ2v) is 9.56. The van der Waals surface area contributed by atoms with Crippen LogP contribution in [0.2, 0.25) is 0 Å². The van der Waals surface area contributed by atoms with E-state index in [0.29, 0.717) is 28.3 Å². The van der Waals surface area contributed by atoms with Crippen LogP contribution in [0.1, 0.15) is 30.2 Å². The van der Waals surface area contributed by atoms with Crippen molar-refractivity contribution in [3.8, 4) is 11.4 Å². The van der Waals surface area contributed by atoms with E-state index < -0.39 is 18.6 Å². The number of thiophene rings is 1. The zero-order chi connectivity index (χ0) is 23.6. The van der Waals surface area contributed by atoms with Crippen molar-refractivity contribution in [3.63, 3.8) is 0 Å². The molecule has 2 aromatic heterocycles. The van der Waals surface area contributed by atoms with E-state index in [2.05, 4.69) is 4.98 Å². The van der Waals surface area contributed by atoms with Crippen LogP contribution in [-0.2, 0) is 17.6 Å². The summed E-state index contributed by atoms with van der Waals surface area (Å²) in [6.45, 7) is 0.971. The lowest BCUT2D eigenvalue weighted by molar-refractivity contribution is -0.136. The number of hydrogen-bond acceptors (Lipinski definition) is 6. The summed E-state index contributed by atoms with van der Waals surface area (Å²) in [7, 11) is 0. The van der Waals surface area contributed by atoms with Crippen LogP contribution in [0.3, 0.4) is 0 Å². The average molecular weight is 498 g/mol. The first-order valence-electron chi connectivity index (χ1n) is 10.5. The third-order valence-electron chi connectivity index (χ3n) is 5.18. The minimum Gasteiger partial charge on any atom is -0.494 e. The first kappa shape index (κ1) is 23.6. The fourth-order valence-corrected chi connectivity index (χ4v) is 5.89. The number of aromatic nitrogens is 2. The summed E-state index contributed by atoms with van der Waals surface area (Å²) in [6.07, 6.45) is -0.688. The van der Waals surface area contributed by atoms with Crippen LogP contribution >= 0.6 is 23.1 Å². The van der Waals surface area contributed by atoms with Gasteiger partial charge in [0, 0.05) is 4.88 Å². The molecule has 2 heterocycles. The lowest BCUT2D eigenvalue weighted by Crippen LogP contribution is -2.35. The molecule has 4 rings (SSSR count). The summed E-state index contributed by atoms with van der Waals surface area (Å²) in [5.41, 5.74) is 1.35. The molecule has 0 saturated carbocycles. The Kier molecular flexibility index (Phi) is 6.99. The van der Waals surface area contributed by atoms with Gasteiger partial charge in [-0.15, -0.1) is 11.3 Å². The van der Waals surface area contributed by atoms with Gasteiger partial charge in [0.15, 0.2) is 5.16 Å². The van der Waals surface area contributed by atoms with E-state index >= 15 is 0 Å². The fourth-order valence-electron chi connectivity index (χ4n) is 3.75. The van der Waals surface area contributed by atoms with Gasteiger partial charge in [-0.2, -0.15) is 13.2 Å². The second-order valence-electron chi connectivity index (χ2n) is 7.53. The molecule has 0 atom stereocenters. The maximum Gasteiger partial charge on any atom is 0.405 e. The molecule has 0 unspecified atom stereocenters. The van der Waals surface area contributed by atoms with E-state index in [4.69, 9.17) is 4.74 Å². The number of hydrogen-bond donors (Lipinski definition) is 1. The van der Waals surface area contributed by atoms with E-state index in [1.54, 1.807) is 24.3 Å². The third-order valence-corrected chi connectivity index (χ3v) is 7.31. The molecule has 1 N–H and O–H groups in total. The van der Waals surface area contributed by atoms with Crippen LogP contribution in [0.4, 0.5) is 13.2 Å². The highest BCUT2D eigenvalue weighted by Crippen LogP contribution is 2.35. The molecule has 33 heavy (non-hydrogen) atoms. The van der Waals surface area contributed by atoms with Crippen molar-refractivity contribution in [3.05, 3.63) is 45.1 Å². The van der Waals surface area contributed by atoms with Gasteiger partial charge in [-0.25, -0.2) is 4.98 Å². The topological polar surface area (TPSA) is 73.2 Å². The summed E-state index contributed by atoms with van der Waals surface area (Å²) < 4.78 is 44.1. The van der Waals surface area contributed by atoms with Crippen molar-refractivity contribution in [2.24, 2.45) is 0 Å². The number of nitrogens with zero attached hydrogens (tertiary/aromatic N) is 2. The molecule has 1 amide bonds. The molecule has 0 saturated heterocycles. The smallest absolute Gasteiger partial charge is 0.405 e. The number of nitrogens with one attached hydrogen (secondary N) is 1. The summed E-state index contributed by atoms with van der Waals surface area (Å²) in [5.74, 6) is -0.428. The number of carbonyl (C=O) groups is 1.